The van der Waals surface area contributed by atoms with Crippen LogP contribution in [0.25, 0.3) is 0 Å². The van der Waals surface area contributed by atoms with Crippen LogP contribution in [0.1, 0.15) is 58.3 Å². The van der Waals surface area contributed by atoms with Crippen LogP contribution in [0.5, 0.6) is 0 Å². The number of carbonyl (C=O) groups excluding carboxylic acids is 1. The SMILES string of the molecule is CCC(CSC)NC(=O)CC1(CC(=O)O)CCCCC1. The minimum Gasteiger partial charge on any atom is -0.481 e. The summed E-state index contributed by atoms with van der Waals surface area (Å²) in [4.78, 5) is 23.3. The van der Waals surface area contributed by atoms with Crippen LogP contribution in [0.3, 0.4) is 0 Å². The van der Waals surface area contributed by atoms with Crippen molar-refractivity contribution >= 4 is 23.6 Å². The molecule has 5 heteroatoms. The van der Waals surface area contributed by atoms with Gasteiger partial charge < -0.3 is 10.4 Å². The molecule has 4 nitrogen and oxygen atoms in total. The molecule has 0 bridgehead atoms. The molecule has 1 atom stereocenters. The van der Waals surface area contributed by atoms with Crippen LogP contribution in [0, 0.1) is 5.41 Å². The summed E-state index contributed by atoms with van der Waals surface area (Å²) in [5.41, 5.74) is -0.314. The van der Waals surface area contributed by atoms with E-state index in [-0.39, 0.29) is 23.8 Å². The summed E-state index contributed by atoms with van der Waals surface area (Å²) in [6, 6.07) is 0.197. The van der Waals surface area contributed by atoms with Crippen molar-refractivity contribution in [2.45, 2.75) is 64.3 Å². The number of amides is 1. The number of carbonyl (C=O) groups is 2. The Bertz CT molecular complexity index is 327. The van der Waals surface area contributed by atoms with Crippen molar-refractivity contribution in [3.8, 4) is 0 Å². The van der Waals surface area contributed by atoms with Crippen molar-refractivity contribution in [3.63, 3.8) is 0 Å². The molecule has 1 rings (SSSR count). The van der Waals surface area contributed by atoms with Crippen molar-refractivity contribution in [2.24, 2.45) is 5.41 Å². The number of rotatable bonds is 8. The van der Waals surface area contributed by atoms with Gasteiger partial charge in [-0.05, 0) is 30.9 Å². The Hall–Kier alpha value is -0.710. The van der Waals surface area contributed by atoms with E-state index in [0.29, 0.717) is 6.42 Å². The molecule has 20 heavy (non-hydrogen) atoms. The fourth-order valence-corrected chi connectivity index (χ4v) is 3.84. The molecule has 116 valence electrons. The third-order valence-corrected chi connectivity index (χ3v) is 4.94. The van der Waals surface area contributed by atoms with Gasteiger partial charge in [-0.3, -0.25) is 9.59 Å². The molecule has 1 amide bonds. The second-order valence-electron chi connectivity index (χ2n) is 5.94. The van der Waals surface area contributed by atoms with Crippen LogP contribution in [0.15, 0.2) is 0 Å². The van der Waals surface area contributed by atoms with Gasteiger partial charge in [0.15, 0.2) is 0 Å². The molecule has 1 saturated carbocycles. The first-order valence-electron chi connectivity index (χ1n) is 7.51. The van der Waals surface area contributed by atoms with Crippen molar-refractivity contribution in [1.29, 1.82) is 0 Å². The van der Waals surface area contributed by atoms with E-state index >= 15 is 0 Å². The first-order valence-corrected chi connectivity index (χ1v) is 8.91. The van der Waals surface area contributed by atoms with Crippen molar-refractivity contribution in [1.82, 2.24) is 5.32 Å². The molecule has 2 N–H and O–H groups in total. The van der Waals surface area contributed by atoms with E-state index in [1.807, 2.05) is 6.26 Å². The van der Waals surface area contributed by atoms with Gasteiger partial charge in [0.2, 0.25) is 5.91 Å². The predicted octanol–water partition coefficient (Wildman–Crippen LogP) is 3.06. The molecule has 0 spiro atoms. The summed E-state index contributed by atoms with van der Waals surface area (Å²) in [6.45, 7) is 2.06. The van der Waals surface area contributed by atoms with Crippen LogP contribution >= 0.6 is 11.8 Å². The Morgan fingerprint density at radius 3 is 2.40 bits per heavy atom. The number of thioether (sulfide) groups is 1. The fourth-order valence-electron chi connectivity index (χ4n) is 3.12. The number of hydrogen-bond acceptors (Lipinski definition) is 3. The molecular formula is C15H27NO3S. The maximum atomic E-state index is 12.2. The van der Waals surface area contributed by atoms with Gasteiger partial charge in [-0.25, -0.2) is 0 Å². The molecule has 1 aliphatic rings. The highest BCUT2D eigenvalue weighted by molar-refractivity contribution is 7.98. The highest BCUT2D eigenvalue weighted by Crippen LogP contribution is 2.42. The van der Waals surface area contributed by atoms with Gasteiger partial charge >= 0.3 is 5.97 Å². The Morgan fingerprint density at radius 2 is 1.90 bits per heavy atom. The molecule has 0 aromatic rings. The summed E-state index contributed by atoms with van der Waals surface area (Å²) in [5.74, 6) is 0.152. The molecule has 0 radical (unpaired) electrons. The average Bonchev–Trinajstić information content (AvgIpc) is 2.37. The first-order chi connectivity index (χ1) is 9.51. The van der Waals surface area contributed by atoms with E-state index in [2.05, 4.69) is 12.2 Å². The lowest BCUT2D eigenvalue weighted by molar-refractivity contribution is -0.141. The highest BCUT2D eigenvalue weighted by Gasteiger charge is 2.36. The van der Waals surface area contributed by atoms with E-state index < -0.39 is 5.97 Å². The maximum absolute atomic E-state index is 12.2. The number of nitrogens with one attached hydrogen (secondary N) is 1. The van der Waals surface area contributed by atoms with E-state index in [0.717, 1.165) is 44.3 Å². The molecule has 0 aromatic heterocycles. The highest BCUT2D eigenvalue weighted by atomic mass is 32.2. The maximum Gasteiger partial charge on any atom is 0.303 e. The van der Waals surface area contributed by atoms with Gasteiger partial charge in [0.25, 0.3) is 0 Å². The summed E-state index contributed by atoms with van der Waals surface area (Å²) < 4.78 is 0. The van der Waals surface area contributed by atoms with Gasteiger partial charge in [-0.1, -0.05) is 26.2 Å². The zero-order valence-electron chi connectivity index (χ0n) is 12.6. The standard InChI is InChI=1S/C15H27NO3S/c1-3-12(11-20-2)16-13(17)9-15(10-14(18)19)7-5-4-6-8-15/h12H,3-11H2,1-2H3,(H,16,17)(H,18,19). The second-order valence-corrected chi connectivity index (χ2v) is 6.85. The molecule has 0 heterocycles. The lowest BCUT2D eigenvalue weighted by Crippen LogP contribution is -2.40. The first kappa shape index (κ1) is 17.3. The minimum atomic E-state index is -0.782. The zero-order chi connectivity index (χ0) is 15.0. The zero-order valence-corrected chi connectivity index (χ0v) is 13.4. The average molecular weight is 301 g/mol. The van der Waals surface area contributed by atoms with Crippen LogP contribution in [-0.4, -0.2) is 35.0 Å². The molecule has 0 aliphatic heterocycles. The Morgan fingerprint density at radius 1 is 1.25 bits per heavy atom. The minimum absolute atomic E-state index is 0.0223. The van der Waals surface area contributed by atoms with Crippen LogP contribution in [0.2, 0.25) is 0 Å². The van der Waals surface area contributed by atoms with Gasteiger partial charge in [0.05, 0.1) is 6.42 Å². The fraction of sp³-hybridized carbons (Fsp3) is 0.867. The Balaban J connectivity index is 2.59. The third kappa shape index (κ3) is 5.73. The Kier molecular flexibility index (Phi) is 7.41. The molecule has 0 saturated heterocycles. The second kappa shape index (κ2) is 8.55. The summed E-state index contributed by atoms with van der Waals surface area (Å²) in [6.07, 6.45) is 8.42. The molecule has 1 fully saturated rings. The van der Waals surface area contributed by atoms with Gasteiger partial charge in [-0.15, -0.1) is 0 Å². The van der Waals surface area contributed by atoms with Crippen LogP contribution in [0.4, 0.5) is 0 Å². The third-order valence-electron chi connectivity index (χ3n) is 4.20. The molecule has 0 aromatic carbocycles. The summed E-state index contributed by atoms with van der Waals surface area (Å²) in [5, 5.41) is 12.2. The van der Waals surface area contributed by atoms with E-state index in [1.165, 1.54) is 0 Å². The Labute approximate surface area is 126 Å². The van der Waals surface area contributed by atoms with E-state index in [1.54, 1.807) is 11.8 Å². The number of carboxylic acids is 1. The van der Waals surface area contributed by atoms with Gasteiger partial charge in [0.1, 0.15) is 0 Å². The lowest BCUT2D eigenvalue weighted by Gasteiger charge is -2.36. The number of carboxylic acid groups (broad SMARTS) is 1. The number of hydrogen-bond donors (Lipinski definition) is 2. The van der Waals surface area contributed by atoms with Crippen LogP contribution in [-0.2, 0) is 9.59 Å². The normalized spacial score (nSPS) is 19.3. The van der Waals surface area contributed by atoms with E-state index in [9.17, 15) is 9.59 Å². The number of aliphatic carboxylic acids is 1. The van der Waals surface area contributed by atoms with E-state index in [4.69, 9.17) is 5.11 Å². The largest absolute Gasteiger partial charge is 0.481 e. The van der Waals surface area contributed by atoms with Gasteiger partial charge in [-0.2, -0.15) is 11.8 Å². The van der Waals surface area contributed by atoms with Crippen LogP contribution < -0.4 is 5.32 Å². The van der Waals surface area contributed by atoms with Gasteiger partial charge in [0, 0.05) is 18.2 Å². The molecule has 1 unspecified atom stereocenters. The summed E-state index contributed by atoms with van der Waals surface area (Å²) in [7, 11) is 0. The topological polar surface area (TPSA) is 66.4 Å². The van der Waals surface area contributed by atoms with Crippen molar-refractivity contribution < 1.29 is 14.7 Å². The van der Waals surface area contributed by atoms with Crippen molar-refractivity contribution in [2.75, 3.05) is 12.0 Å². The molecular weight excluding hydrogens is 274 g/mol. The quantitative estimate of drug-likeness (QED) is 0.723. The predicted molar refractivity (Wildman–Crippen MR) is 83.0 cm³/mol. The smallest absolute Gasteiger partial charge is 0.303 e. The monoisotopic (exact) mass is 301 g/mol. The molecule has 1 aliphatic carbocycles. The van der Waals surface area contributed by atoms with Crippen molar-refractivity contribution in [3.05, 3.63) is 0 Å². The summed E-state index contributed by atoms with van der Waals surface area (Å²) >= 11 is 1.72. The lowest BCUT2D eigenvalue weighted by atomic mass is 9.69.